The second-order valence-electron chi connectivity index (χ2n) is 8.14. The van der Waals surface area contributed by atoms with Crippen molar-refractivity contribution in [2.75, 3.05) is 17.7 Å². The number of methoxy groups -OCH3 is 1. The number of thioether (sulfide) groups is 1. The molecule has 0 bridgehead atoms. The number of ether oxygens (including phenoxy) is 1. The molecule has 2 N–H and O–H groups in total. The Morgan fingerprint density at radius 2 is 1.83 bits per heavy atom. The molecule has 2 aromatic carbocycles. The molecule has 1 unspecified atom stereocenters. The minimum Gasteiger partial charge on any atom is -0.465 e. The molecule has 1 atom stereocenters. The van der Waals surface area contributed by atoms with E-state index < -0.39 is 11.2 Å². The number of carbonyl (C=O) groups is 3. The van der Waals surface area contributed by atoms with Crippen molar-refractivity contribution < 1.29 is 19.1 Å². The molecule has 184 valence electrons. The van der Waals surface area contributed by atoms with Crippen molar-refractivity contribution in [2.24, 2.45) is 0 Å². The highest BCUT2D eigenvalue weighted by molar-refractivity contribution is 8.00. The van der Waals surface area contributed by atoms with Gasteiger partial charge in [-0.15, -0.1) is 23.1 Å². The van der Waals surface area contributed by atoms with Gasteiger partial charge < -0.3 is 15.4 Å². The maximum absolute atomic E-state index is 13.0. The van der Waals surface area contributed by atoms with Gasteiger partial charge in [0.05, 0.1) is 12.4 Å². The largest absolute Gasteiger partial charge is 0.465 e. The zero-order chi connectivity index (χ0) is 25.4. The maximum atomic E-state index is 13.0. The molecule has 0 saturated carbocycles. The molecule has 0 aliphatic rings. The third kappa shape index (κ3) is 7.19. The van der Waals surface area contributed by atoms with Crippen LogP contribution < -0.4 is 10.6 Å². The zero-order valence-electron chi connectivity index (χ0n) is 20.3. The summed E-state index contributed by atoms with van der Waals surface area (Å²) >= 11 is 2.68. The van der Waals surface area contributed by atoms with Crippen LogP contribution in [0.1, 0.15) is 49.0 Å². The van der Waals surface area contributed by atoms with E-state index in [0.717, 1.165) is 34.4 Å². The van der Waals surface area contributed by atoms with E-state index in [4.69, 9.17) is 4.74 Å². The van der Waals surface area contributed by atoms with E-state index in [2.05, 4.69) is 10.6 Å². The van der Waals surface area contributed by atoms with Gasteiger partial charge in [0.1, 0.15) is 10.6 Å². The molecule has 6 nitrogen and oxygen atoms in total. The van der Waals surface area contributed by atoms with Gasteiger partial charge in [-0.1, -0.05) is 49.2 Å². The van der Waals surface area contributed by atoms with E-state index >= 15 is 0 Å². The van der Waals surface area contributed by atoms with Crippen molar-refractivity contribution in [3.05, 3.63) is 65.0 Å². The number of benzene rings is 2. The Hall–Kier alpha value is -3.10. The number of esters is 1. The van der Waals surface area contributed by atoms with E-state index in [0.29, 0.717) is 22.7 Å². The van der Waals surface area contributed by atoms with E-state index in [1.807, 2.05) is 67.8 Å². The Morgan fingerprint density at radius 1 is 1.09 bits per heavy atom. The summed E-state index contributed by atoms with van der Waals surface area (Å²) in [5.74, 6) is -0.740. The topological polar surface area (TPSA) is 84.5 Å². The molecule has 2 amide bonds. The van der Waals surface area contributed by atoms with Crippen molar-refractivity contribution in [3.8, 4) is 11.1 Å². The Labute approximate surface area is 214 Å². The summed E-state index contributed by atoms with van der Waals surface area (Å²) in [7, 11) is 1.33. The number of unbranched alkanes of at least 4 members (excludes halogenated alkanes) is 1. The van der Waals surface area contributed by atoms with Crippen LogP contribution in [0.4, 0.5) is 10.7 Å². The molecule has 0 spiro atoms. The van der Waals surface area contributed by atoms with Gasteiger partial charge in [0.2, 0.25) is 11.8 Å². The highest BCUT2D eigenvalue weighted by Crippen LogP contribution is 2.37. The molecular weight excluding hydrogens is 480 g/mol. The van der Waals surface area contributed by atoms with E-state index in [-0.39, 0.29) is 11.8 Å². The summed E-state index contributed by atoms with van der Waals surface area (Å²) < 4.78 is 5.00. The Kier molecular flexibility index (Phi) is 9.51. The number of amides is 2. The summed E-state index contributed by atoms with van der Waals surface area (Å²) in [4.78, 5) is 38.5. The van der Waals surface area contributed by atoms with Crippen LogP contribution in [0.2, 0.25) is 0 Å². The molecule has 0 fully saturated rings. The molecule has 8 heteroatoms. The van der Waals surface area contributed by atoms with Gasteiger partial charge in [0.25, 0.3) is 0 Å². The molecule has 35 heavy (non-hydrogen) atoms. The Bertz CT molecular complexity index is 1190. The van der Waals surface area contributed by atoms with Crippen molar-refractivity contribution in [2.45, 2.75) is 50.2 Å². The lowest BCUT2D eigenvalue weighted by Gasteiger charge is -2.13. The van der Waals surface area contributed by atoms with Gasteiger partial charge in [-0.05, 0) is 44.0 Å². The van der Waals surface area contributed by atoms with Crippen molar-refractivity contribution >= 4 is 51.6 Å². The average Bonchev–Trinajstić information content (AvgIpc) is 3.26. The highest BCUT2D eigenvalue weighted by atomic mass is 32.2. The van der Waals surface area contributed by atoms with Gasteiger partial charge >= 0.3 is 5.97 Å². The lowest BCUT2D eigenvalue weighted by atomic mass is 10.0. The van der Waals surface area contributed by atoms with Crippen molar-refractivity contribution in [1.29, 1.82) is 0 Å². The number of thiophene rings is 1. The van der Waals surface area contributed by atoms with Crippen LogP contribution in [-0.4, -0.2) is 30.1 Å². The van der Waals surface area contributed by atoms with Crippen molar-refractivity contribution in [1.82, 2.24) is 0 Å². The van der Waals surface area contributed by atoms with E-state index in [1.54, 1.807) is 6.92 Å². The zero-order valence-corrected chi connectivity index (χ0v) is 22.0. The maximum Gasteiger partial charge on any atom is 0.341 e. The molecule has 0 aliphatic heterocycles. The quantitative estimate of drug-likeness (QED) is 0.233. The van der Waals surface area contributed by atoms with Gasteiger partial charge in [-0.25, -0.2) is 4.79 Å². The third-order valence-electron chi connectivity index (χ3n) is 5.34. The first-order valence-electron chi connectivity index (χ1n) is 11.5. The number of aryl methyl sites for hydroxylation is 1. The van der Waals surface area contributed by atoms with Gasteiger partial charge in [0.15, 0.2) is 0 Å². The molecule has 0 aliphatic carbocycles. The average molecular weight is 511 g/mol. The van der Waals surface area contributed by atoms with Crippen LogP contribution in [0, 0.1) is 6.92 Å². The molecule has 0 radical (unpaired) electrons. The Balaban J connectivity index is 1.72. The number of rotatable bonds is 10. The Morgan fingerprint density at radius 3 is 2.51 bits per heavy atom. The molecule has 3 rings (SSSR count). The van der Waals surface area contributed by atoms with Crippen LogP contribution in [-0.2, 0) is 14.3 Å². The SMILES string of the molecule is CCCCC(=O)Nc1cccc(SC(C)C(=O)Nc2scc(-c3ccc(C)cc3)c2C(=O)OC)c1. The number of carbonyl (C=O) groups excluding carboxylic acids is 3. The van der Waals surface area contributed by atoms with E-state index in [1.165, 1.54) is 30.2 Å². The van der Waals surface area contributed by atoms with Gasteiger partial charge in [0, 0.05) is 27.9 Å². The molecule has 1 aromatic heterocycles. The first-order chi connectivity index (χ1) is 16.8. The first-order valence-corrected chi connectivity index (χ1v) is 13.2. The predicted octanol–water partition coefficient (Wildman–Crippen LogP) is 6.76. The normalized spacial score (nSPS) is 11.5. The second-order valence-corrected chi connectivity index (χ2v) is 10.4. The van der Waals surface area contributed by atoms with Crippen LogP contribution >= 0.6 is 23.1 Å². The summed E-state index contributed by atoms with van der Waals surface area (Å²) in [6.07, 6.45) is 2.30. The fourth-order valence-electron chi connectivity index (χ4n) is 3.38. The molecule has 1 heterocycles. The predicted molar refractivity (Wildman–Crippen MR) is 144 cm³/mol. The third-order valence-corrected chi connectivity index (χ3v) is 7.33. The first kappa shape index (κ1) is 26.5. The number of nitrogens with one attached hydrogen (secondary N) is 2. The monoisotopic (exact) mass is 510 g/mol. The standard InChI is InChI=1S/C27H30N2O4S2/c1-5-6-10-23(30)28-20-8-7-9-21(15-20)35-18(3)25(31)29-26-24(27(32)33-4)22(16-34-26)19-13-11-17(2)12-14-19/h7-9,11-16,18H,5-6,10H2,1-4H3,(H,28,30)(H,29,31). The van der Waals surface area contributed by atoms with Crippen molar-refractivity contribution in [3.63, 3.8) is 0 Å². The fraction of sp³-hybridized carbons (Fsp3) is 0.296. The summed E-state index contributed by atoms with van der Waals surface area (Å²) in [6.45, 7) is 5.85. The number of hydrogen-bond acceptors (Lipinski definition) is 6. The molecular formula is C27H30N2O4S2. The minimum atomic E-state index is -0.496. The highest BCUT2D eigenvalue weighted by Gasteiger charge is 2.24. The fourth-order valence-corrected chi connectivity index (χ4v) is 5.27. The summed E-state index contributed by atoms with van der Waals surface area (Å²) in [5, 5.41) is 7.69. The number of anilines is 2. The van der Waals surface area contributed by atoms with E-state index in [9.17, 15) is 14.4 Å². The van der Waals surface area contributed by atoms with Crippen LogP contribution in [0.3, 0.4) is 0 Å². The smallest absolute Gasteiger partial charge is 0.341 e. The number of hydrogen-bond donors (Lipinski definition) is 2. The second kappa shape index (κ2) is 12.6. The van der Waals surface area contributed by atoms with Crippen LogP contribution in [0.15, 0.2) is 58.8 Å². The lowest BCUT2D eigenvalue weighted by molar-refractivity contribution is -0.116. The summed E-state index contributed by atoms with van der Waals surface area (Å²) in [6, 6.07) is 15.3. The molecule has 3 aromatic rings. The minimum absolute atomic E-state index is 0.0165. The molecule has 0 saturated heterocycles. The van der Waals surface area contributed by atoms with Gasteiger partial charge in [-0.2, -0.15) is 0 Å². The van der Waals surface area contributed by atoms with Crippen LogP contribution in [0.25, 0.3) is 11.1 Å². The summed E-state index contributed by atoms with van der Waals surface area (Å²) in [5.41, 5.74) is 3.78. The van der Waals surface area contributed by atoms with Gasteiger partial charge in [-0.3, -0.25) is 9.59 Å². The van der Waals surface area contributed by atoms with Crippen LogP contribution in [0.5, 0.6) is 0 Å². The lowest BCUT2D eigenvalue weighted by Crippen LogP contribution is -2.23.